The Kier molecular flexibility index (Phi) is 8.10. The third-order valence-corrected chi connectivity index (χ3v) is 13.3. The Morgan fingerprint density at radius 2 is 1.02 bits per heavy atom. The van der Waals surface area contributed by atoms with Crippen molar-refractivity contribution in [2.75, 3.05) is 9.80 Å². The number of nitrogens with zero attached hydrogens (tertiary/aromatic N) is 2. The monoisotopic (exact) mass is 806 g/mol. The minimum atomic E-state index is -0.113. The molecule has 0 radical (unpaired) electrons. The first kappa shape index (κ1) is 35.7. The van der Waals surface area contributed by atoms with E-state index in [0.717, 1.165) is 67.7 Å². The molecule has 0 saturated heterocycles. The van der Waals surface area contributed by atoms with Gasteiger partial charge in [0.2, 0.25) is 0 Å². The quantitative estimate of drug-likeness (QED) is 0.156. The molecule has 0 saturated carbocycles. The van der Waals surface area contributed by atoms with Crippen LogP contribution in [0.4, 0.5) is 28.4 Å². The van der Waals surface area contributed by atoms with Gasteiger partial charge in [-0.3, -0.25) is 0 Å². The van der Waals surface area contributed by atoms with Crippen LogP contribution in [-0.4, -0.2) is 6.71 Å². The number of para-hydroxylation sites is 2. The lowest BCUT2D eigenvalue weighted by molar-refractivity contribution is 0.411. The van der Waals surface area contributed by atoms with Gasteiger partial charge < -0.3 is 19.3 Å². The van der Waals surface area contributed by atoms with E-state index in [4.69, 9.17) is 9.47 Å². The fourth-order valence-electron chi connectivity index (χ4n) is 10.6. The molecule has 2 unspecified atom stereocenters. The van der Waals surface area contributed by atoms with Gasteiger partial charge >= 0.3 is 0 Å². The molecule has 63 heavy (non-hydrogen) atoms. The molecule has 0 aromatic heterocycles. The largest absolute Gasteiger partial charge is 0.459 e. The molecule has 0 fully saturated rings. The topological polar surface area (TPSA) is 24.9 Å². The first-order valence-electron chi connectivity index (χ1n) is 21.8. The molecule has 0 amide bonds. The fraction of sp³-hybridized carbons (Fsp3) is 0.0345. The molecule has 4 aliphatic rings. The maximum absolute atomic E-state index is 7.14. The van der Waals surface area contributed by atoms with Crippen LogP contribution in [0.15, 0.2) is 241 Å². The maximum atomic E-state index is 7.14. The van der Waals surface area contributed by atoms with Crippen molar-refractivity contribution in [3.63, 3.8) is 0 Å². The SMILES string of the molecule is C1=CC2C(N(c3ccccc3)c3cccc4ccccc34)=CC3=C(B4c5c(cccc5Oc5cc(N(c6ccccc6)c6ccc7ccccc7c6)c6ccccc6c54)O3)C2C=C1. The summed E-state index contributed by atoms with van der Waals surface area (Å²) in [5.41, 5.74) is 10.1. The van der Waals surface area contributed by atoms with E-state index < -0.39 is 0 Å². The van der Waals surface area contributed by atoms with Crippen LogP contribution < -0.4 is 30.2 Å². The van der Waals surface area contributed by atoms with Gasteiger partial charge in [-0.1, -0.05) is 158 Å². The molecule has 2 aliphatic heterocycles. The molecular weight excluding hydrogens is 767 g/mol. The van der Waals surface area contributed by atoms with Crippen LogP contribution in [-0.2, 0) is 0 Å². The number of ether oxygens (including phenoxy) is 2. The Hall–Kier alpha value is -8.02. The lowest BCUT2D eigenvalue weighted by atomic mass is 9.31. The summed E-state index contributed by atoms with van der Waals surface area (Å²) in [6.45, 7) is -0.113. The van der Waals surface area contributed by atoms with Crippen LogP contribution in [0.25, 0.3) is 32.3 Å². The summed E-state index contributed by atoms with van der Waals surface area (Å²) >= 11 is 0. The van der Waals surface area contributed by atoms with E-state index in [1.165, 1.54) is 38.2 Å². The minimum Gasteiger partial charge on any atom is -0.459 e. The zero-order chi connectivity index (χ0) is 41.4. The minimum absolute atomic E-state index is 0.0141. The van der Waals surface area contributed by atoms with Crippen molar-refractivity contribution in [1.29, 1.82) is 0 Å². The zero-order valence-corrected chi connectivity index (χ0v) is 34.3. The molecule has 9 aromatic rings. The highest BCUT2D eigenvalue weighted by molar-refractivity contribution is 6.95. The van der Waals surface area contributed by atoms with E-state index >= 15 is 0 Å². The van der Waals surface area contributed by atoms with E-state index in [1.54, 1.807) is 0 Å². The van der Waals surface area contributed by atoms with Crippen LogP contribution >= 0.6 is 0 Å². The second-order valence-corrected chi connectivity index (χ2v) is 16.7. The van der Waals surface area contributed by atoms with E-state index in [0.29, 0.717) is 0 Å². The van der Waals surface area contributed by atoms with Gasteiger partial charge in [0.25, 0.3) is 6.71 Å². The van der Waals surface area contributed by atoms with Crippen LogP contribution in [0.5, 0.6) is 17.2 Å². The number of hydrogen-bond donors (Lipinski definition) is 0. The standard InChI is InChI=1S/C58H39BN2O2/c1-3-21-41(22-4-1)60(43-34-33-38-17-7-8-19-40(38)35-43)50-36-54-56(47-28-13-11-26-45(47)50)59-57-48-29-14-12-27-46(48)51(37-55(57)63-53-32-16-31-52(62-54)58(53)59)61(42-23-5-2-6-24-42)49-30-15-20-39-18-9-10-25-44(39)49/h1-37,46,48H. The Morgan fingerprint density at radius 1 is 0.397 bits per heavy atom. The predicted octanol–water partition coefficient (Wildman–Crippen LogP) is 13.6. The summed E-state index contributed by atoms with van der Waals surface area (Å²) in [7, 11) is 0. The summed E-state index contributed by atoms with van der Waals surface area (Å²) in [6.07, 6.45) is 11.5. The highest BCUT2D eigenvalue weighted by atomic mass is 16.5. The Bertz CT molecular complexity index is 3440. The number of benzene rings is 9. The average molecular weight is 807 g/mol. The van der Waals surface area contributed by atoms with Gasteiger partial charge in [0.15, 0.2) is 0 Å². The van der Waals surface area contributed by atoms with E-state index in [-0.39, 0.29) is 18.5 Å². The Morgan fingerprint density at radius 3 is 1.81 bits per heavy atom. The average Bonchev–Trinajstić information content (AvgIpc) is 3.34. The number of hydrogen-bond acceptors (Lipinski definition) is 4. The Labute approximate surface area is 366 Å². The van der Waals surface area contributed by atoms with Gasteiger partial charge in [-0.2, -0.15) is 0 Å². The van der Waals surface area contributed by atoms with Gasteiger partial charge in [-0.15, -0.1) is 0 Å². The predicted molar refractivity (Wildman–Crippen MR) is 261 cm³/mol. The normalized spacial score (nSPS) is 16.7. The first-order chi connectivity index (χ1) is 31.3. The number of anilines is 5. The van der Waals surface area contributed by atoms with Crippen LogP contribution in [0.3, 0.4) is 0 Å². The molecule has 2 atom stereocenters. The second kappa shape index (κ2) is 14.3. The van der Waals surface area contributed by atoms with E-state index in [2.05, 4.69) is 234 Å². The van der Waals surface area contributed by atoms with Gasteiger partial charge in [-0.25, -0.2) is 0 Å². The molecule has 0 spiro atoms. The fourth-order valence-corrected chi connectivity index (χ4v) is 10.6. The molecule has 296 valence electrons. The Balaban J connectivity index is 1.05. The van der Waals surface area contributed by atoms with E-state index in [1.807, 2.05) is 0 Å². The van der Waals surface area contributed by atoms with Gasteiger partial charge in [0, 0.05) is 63.0 Å². The van der Waals surface area contributed by atoms with Gasteiger partial charge in [0.05, 0.1) is 11.4 Å². The van der Waals surface area contributed by atoms with E-state index in [9.17, 15) is 0 Å². The second-order valence-electron chi connectivity index (χ2n) is 16.7. The molecule has 13 rings (SSSR count). The first-order valence-corrected chi connectivity index (χ1v) is 21.8. The number of rotatable bonds is 6. The third-order valence-electron chi connectivity index (χ3n) is 13.3. The smallest absolute Gasteiger partial charge is 0.257 e. The van der Waals surface area contributed by atoms with Crippen LogP contribution in [0, 0.1) is 11.8 Å². The van der Waals surface area contributed by atoms with Crippen molar-refractivity contribution >= 4 is 78.4 Å². The molecular formula is C58H39BN2O2. The van der Waals surface area contributed by atoms with Crippen molar-refractivity contribution in [2.45, 2.75) is 0 Å². The van der Waals surface area contributed by atoms with Gasteiger partial charge in [-0.05, 0) is 87.1 Å². The summed E-state index contributed by atoms with van der Waals surface area (Å²) < 4.78 is 14.3. The molecule has 9 aromatic carbocycles. The highest BCUT2D eigenvalue weighted by Crippen LogP contribution is 2.51. The number of fused-ring (bicyclic) bond motifs is 9. The molecule has 2 aliphatic carbocycles. The lowest BCUT2D eigenvalue weighted by Gasteiger charge is -2.44. The molecule has 4 nitrogen and oxygen atoms in total. The summed E-state index contributed by atoms with van der Waals surface area (Å²) in [5, 5.41) is 7.12. The summed E-state index contributed by atoms with van der Waals surface area (Å²) in [4.78, 5) is 4.83. The zero-order valence-electron chi connectivity index (χ0n) is 34.3. The van der Waals surface area contributed by atoms with Crippen molar-refractivity contribution in [3.05, 3.63) is 241 Å². The summed E-state index contributed by atoms with van der Waals surface area (Å²) in [5.74, 6) is 3.46. The molecule has 0 N–H and O–H groups in total. The summed E-state index contributed by atoms with van der Waals surface area (Å²) in [6, 6.07) is 69.5. The molecule has 0 bridgehead atoms. The maximum Gasteiger partial charge on any atom is 0.257 e. The highest BCUT2D eigenvalue weighted by Gasteiger charge is 2.49. The number of allylic oxidation sites excluding steroid dienone is 6. The third kappa shape index (κ3) is 5.63. The van der Waals surface area contributed by atoms with Crippen molar-refractivity contribution in [2.24, 2.45) is 11.8 Å². The molecule has 5 heteroatoms. The lowest BCUT2D eigenvalue weighted by Crippen LogP contribution is -2.54. The van der Waals surface area contributed by atoms with Crippen molar-refractivity contribution in [3.8, 4) is 17.2 Å². The van der Waals surface area contributed by atoms with Gasteiger partial charge in [0.1, 0.15) is 23.0 Å². The van der Waals surface area contributed by atoms with Crippen molar-refractivity contribution in [1.82, 2.24) is 0 Å². The van der Waals surface area contributed by atoms with Crippen LogP contribution in [0.2, 0.25) is 0 Å². The van der Waals surface area contributed by atoms with Crippen LogP contribution in [0.1, 0.15) is 0 Å². The van der Waals surface area contributed by atoms with Crippen molar-refractivity contribution < 1.29 is 9.47 Å². The molecule has 2 heterocycles.